The lowest BCUT2D eigenvalue weighted by molar-refractivity contribution is -0.123. The van der Waals surface area contributed by atoms with Crippen molar-refractivity contribution >= 4 is 5.91 Å². The molecule has 0 bridgehead atoms. The van der Waals surface area contributed by atoms with E-state index in [1.54, 1.807) is 7.11 Å². The van der Waals surface area contributed by atoms with Crippen LogP contribution in [-0.4, -0.2) is 50.0 Å². The van der Waals surface area contributed by atoms with Crippen molar-refractivity contribution in [3.05, 3.63) is 0 Å². The molecule has 0 saturated carbocycles. The Morgan fingerprint density at radius 1 is 1.33 bits per heavy atom. The second kappa shape index (κ2) is 10.3. The van der Waals surface area contributed by atoms with Crippen molar-refractivity contribution in [2.75, 3.05) is 26.9 Å². The number of hydrogen-bond donors (Lipinski definition) is 3. The lowest BCUT2D eigenvalue weighted by Gasteiger charge is -2.25. The number of carbonyl (C=O) groups is 1. The van der Waals surface area contributed by atoms with Crippen LogP contribution in [0.2, 0.25) is 0 Å². The van der Waals surface area contributed by atoms with Gasteiger partial charge in [-0.1, -0.05) is 13.8 Å². The summed E-state index contributed by atoms with van der Waals surface area (Å²) in [6.45, 7) is 7.43. The molecule has 0 spiro atoms. The van der Waals surface area contributed by atoms with Gasteiger partial charge < -0.3 is 20.5 Å². The van der Waals surface area contributed by atoms with Crippen molar-refractivity contribution in [1.29, 1.82) is 0 Å². The summed E-state index contributed by atoms with van der Waals surface area (Å²) in [7, 11) is 1.65. The lowest BCUT2D eigenvalue weighted by Crippen LogP contribution is -2.48. The summed E-state index contributed by atoms with van der Waals surface area (Å²) in [5, 5.41) is 15.1. The number of hydrogen-bond acceptors (Lipinski definition) is 4. The first kappa shape index (κ1) is 17.4. The molecule has 0 heterocycles. The predicted octanol–water partition coefficient (Wildman–Crippen LogP) is 0.524. The summed E-state index contributed by atoms with van der Waals surface area (Å²) < 4.78 is 4.92. The van der Waals surface area contributed by atoms with Gasteiger partial charge >= 0.3 is 0 Å². The highest BCUT2D eigenvalue weighted by Gasteiger charge is 2.19. The number of rotatable bonds is 10. The van der Waals surface area contributed by atoms with Crippen molar-refractivity contribution in [2.45, 2.75) is 45.7 Å². The molecule has 0 aromatic carbocycles. The van der Waals surface area contributed by atoms with Gasteiger partial charge in [-0.3, -0.25) is 4.79 Å². The smallest absolute Gasteiger partial charge is 0.236 e. The number of nitrogens with one attached hydrogen (secondary N) is 2. The molecule has 0 rings (SSSR count). The molecule has 2 atom stereocenters. The van der Waals surface area contributed by atoms with E-state index in [4.69, 9.17) is 9.84 Å². The Morgan fingerprint density at radius 3 is 2.50 bits per heavy atom. The second-order valence-corrected chi connectivity index (χ2v) is 4.89. The van der Waals surface area contributed by atoms with Crippen molar-refractivity contribution in [3.8, 4) is 0 Å². The first-order valence-electron chi connectivity index (χ1n) is 6.66. The fourth-order valence-corrected chi connectivity index (χ4v) is 1.73. The summed E-state index contributed by atoms with van der Waals surface area (Å²) in [6.07, 6.45) is 1.48. The largest absolute Gasteiger partial charge is 0.396 e. The molecule has 0 aliphatic heterocycles. The number of amides is 1. The quantitative estimate of drug-likeness (QED) is 0.501. The fraction of sp³-hybridized carbons (Fsp3) is 0.923. The van der Waals surface area contributed by atoms with E-state index < -0.39 is 0 Å². The normalized spacial score (nSPS) is 14.6. The molecule has 1 amide bonds. The highest BCUT2D eigenvalue weighted by molar-refractivity contribution is 5.81. The van der Waals surface area contributed by atoms with Crippen LogP contribution in [0.4, 0.5) is 0 Å². The molecular weight excluding hydrogens is 232 g/mol. The van der Waals surface area contributed by atoms with Gasteiger partial charge in [0.05, 0.1) is 6.04 Å². The maximum atomic E-state index is 11.8. The third-order valence-electron chi connectivity index (χ3n) is 2.93. The maximum absolute atomic E-state index is 11.8. The lowest BCUT2D eigenvalue weighted by atomic mass is 10.0. The highest BCUT2D eigenvalue weighted by atomic mass is 16.5. The standard InChI is InChI=1S/C13H28N2O3/c1-10(2)12(6-8-16)15-11(3)13(17)14-7-5-9-18-4/h10-12,15-16H,5-9H2,1-4H3,(H,14,17). The van der Waals surface area contributed by atoms with E-state index in [9.17, 15) is 4.79 Å². The Hall–Kier alpha value is -0.650. The van der Waals surface area contributed by atoms with Gasteiger partial charge in [-0.05, 0) is 25.7 Å². The van der Waals surface area contributed by atoms with E-state index in [1.165, 1.54) is 0 Å². The zero-order valence-electron chi connectivity index (χ0n) is 12.0. The van der Waals surface area contributed by atoms with Crippen LogP contribution < -0.4 is 10.6 Å². The third kappa shape index (κ3) is 7.63. The molecule has 0 aliphatic carbocycles. The number of ether oxygens (including phenoxy) is 1. The molecule has 0 aromatic rings. The molecule has 0 radical (unpaired) electrons. The highest BCUT2D eigenvalue weighted by Crippen LogP contribution is 2.06. The fourth-order valence-electron chi connectivity index (χ4n) is 1.73. The summed E-state index contributed by atoms with van der Waals surface area (Å²) in [6, 6.07) is -0.0822. The Morgan fingerprint density at radius 2 is 2.00 bits per heavy atom. The third-order valence-corrected chi connectivity index (χ3v) is 2.93. The van der Waals surface area contributed by atoms with Gasteiger partial charge in [0.2, 0.25) is 5.91 Å². The van der Waals surface area contributed by atoms with E-state index in [-0.39, 0.29) is 24.6 Å². The Labute approximate surface area is 110 Å². The van der Waals surface area contributed by atoms with E-state index in [0.29, 0.717) is 25.5 Å². The van der Waals surface area contributed by atoms with Crippen LogP contribution in [0.25, 0.3) is 0 Å². The molecule has 108 valence electrons. The molecule has 0 aromatic heterocycles. The van der Waals surface area contributed by atoms with Crippen molar-refractivity contribution in [1.82, 2.24) is 10.6 Å². The molecule has 5 heteroatoms. The molecule has 0 saturated heterocycles. The van der Waals surface area contributed by atoms with Gasteiger partial charge in [-0.25, -0.2) is 0 Å². The van der Waals surface area contributed by atoms with Crippen molar-refractivity contribution < 1.29 is 14.6 Å². The predicted molar refractivity (Wildman–Crippen MR) is 72.4 cm³/mol. The van der Waals surface area contributed by atoms with Crippen LogP contribution in [0.3, 0.4) is 0 Å². The molecule has 0 aliphatic rings. The minimum atomic E-state index is -0.244. The van der Waals surface area contributed by atoms with Crippen LogP contribution in [-0.2, 0) is 9.53 Å². The average molecular weight is 260 g/mol. The topological polar surface area (TPSA) is 70.6 Å². The summed E-state index contributed by atoms with van der Waals surface area (Å²) in [4.78, 5) is 11.8. The summed E-state index contributed by atoms with van der Waals surface area (Å²) in [5.41, 5.74) is 0. The van der Waals surface area contributed by atoms with Crippen LogP contribution in [0.15, 0.2) is 0 Å². The summed E-state index contributed by atoms with van der Waals surface area (Å²) in [5.74, 6) is 0.385. The first-order chi connectivity index (χ1) is 8.52. The van der Waals surface area contributed by atoms with Gasteiger partial charge in [-0.2, -0.15) is 0 Å². The minimum absolute atomic E-state index is 0.00491. The van der Waals surface area contributed by atoms with Gasteiger partial charge in [-0.15, -0.1) is 0 Å². The number of aliphatic hydroxyl groups excluding tert-OH is 1. The number of carbonyl (C=O) groups excluding carboxylic acids is 1. The second-order valence-electron chi connectivity index (χ2n) is 4.89. The Balaban J connectivity index is 3.96. The summed E-state index contributed by atoms with van der Waals surface area (Å²) >= 11 is 0. The maximum Gasteiger partial charge on any atom is 0.236 e. The minimum Gasteiger partial charge on any atom is -0.396 e. The zero-order valence-corrected chi connectivity index (χ0v) is 12.0. The molecular formula is C13H28N2O3. The average Bonchev–Trinajstić information content (AvgIpc) is 2.33. The van der Waals surface area contributed by atoms with Gasteiger partial charge in [0.1, 0.15) is 0 Å². The van der Waals surface area contributed by atoms with E-state index in [0.717, 1.165) is 6.42 Å². The molecule has 3 N–H and O–H groups in total. The first-order valence-corrected chi connectivity index (χ1v) is 6.66. The van der Waals surface area contributed by atoms with E-state index >= 15 is 0 Å². The van der Waals surface area contributed by atoms with Gasteiger partial charge in [0.25, 0.3) is 0 Å². The molecule has 0 fully saturated rings. The van der Waals surface area contributed by atoms with E-state index in [2.05, 4.69) is 24.5 Å². The van der Waals surface area contributed by atoms with Crippen molar-refractivity contribution in [3.63, 3.8) is 0 Å². The van der Waals surface area contributed by atoms with Crippen LogP contribution >= 0.6 is 0 Å². The van der Waals surface area contributed by atoms with Gasteiger partial charge in [0, 0.05) is 32.9 Å². The molecule has 5 nitrogen and oxygen atoms in total. The monoisotopic (exact) mass is 260 g/mol. The van der Waals surface area contributed by atoms with Crippen LogP contribution in [0.5, 0.6) is 0 Å². The van der Waals surface area contributed by atoms with Gasteiger partial charge in [0.15, 0.2) is 0 Å². The molecule has 2 unspecified atom stereocenters. The number of methoxy groups -OCH3 is 1. The SMILES string of the molecule is COCCCNC(=O)C(C)NC(CCO)C(C)C. The van der Waals surface area contributed by atoms with Crippen molar-refractivity contribution in [2.24, 2.45) is 5.92 Å². The Bertz CT molecular complexity index is 222. The molecule has 18 heavy (non-hydrogen) atoms. The zero-order chi connectivity index (χ0) is 14.0. The van der Waals surface area contributed by atoms with Crippen LogP contribution in [0, 0.1) is 5.92 Å². The number of aliphatic hydroxyl groups is 1. The Kier molecular flexibility index (Phi) is 9.92. The van der Waals surface area contributed by atoms with Crippen LogP contribution in [0.1, 0.15) is 33.6 Å². The van der Waals surface area contributed by atoms with E-state index in [1.807, 2.05) is 6.92 Å².